The van der Waals surface area contributed by atoms with Crippen molar-refractivity contribution >= 4 is 0 Å². The molecule has 0 spiro atoms. The van der Waals surface area contributed by atoms with E-state index in [-0.39, 0.29) is 5.57 Å². The Balaban J connectivity index is 5.87. The number of rotatable bonds is 3. The van der Waals surface area contributed by atoms with Crippen molar-refractivity contribution in [3.05, 3.63) is 46.6 Å². The fourth-order valence-corrected chi connectivity index (χ4v) is 0.951. The highest BCUT2D eigenvalue weighted by Crippen LogP contribution is 2.20. The molecule has 0 aromatic carbocycles. The summed E-state index contributed by atoms with van der Waals surface area (Å²) in [5.74, 6) is -1.90. The Hall–Kier alpha value is -3.22. The van der Waals surface area contributed by atoms with Crippen LogP contribution in [0.15, 0.2) is 46.6 Å². The highest BCUT2D eigenvalue weighted by Gasteiger charge is 2.10. The van der Waals surface area contributed by atoms with Crippen LogP contribution in [0.4, 0.5) is 8.78 Å². The van der Waals surface area contributed by atoms with Crippen LogP contribution >= 0.6 is 0 Å². The summed E-state index contributed by atoms with van der Waals surface area (Å²) >= 11 is 0. The summed E-state index contributed by atoms with van der Waals surface area (Å²) in [4.78, 5) is 0. The maximum absolute atomic E-state index is 13.7. The Kier molecular flexibility index (Phi) is 6.61. The van der Waals surface area contributed by atoms with Crippen molar-refractivity contribution in [2.75, 3.05) is 0 Å². The van der Waals surface area contributed by atoms with E-state index in [2.05, 4.69) is 0 Å². The van der Waals surface area contributed by atoms with Crippen molar-refractivity contribution in [2.24, 2.45) is 0 Å². The second-order valence-corrected chi connectivity index (χ2v) is 3.06. The highest BCUT2D eigenvalue weighted by atomic mass is 19.1. The van der Waals surface area contributed by atoms with Gasteiger partial charge in [0.15, 0.2) is 0 Å². The van der Waals surface area contributed by atoms with E-state index in [0.717, 1.165) is 13.0 Å². The molecule has 0 unspecified atom stereocenters. The van der Waals surface area contributed by atoms with Crippen molar-refractivity contribution < 1.29 is 8.78 Å². The van der Waals surface area contributed by atoms with Crippen molar-refractivity contribution in [1.29, 1.82) is 21.0 Å². The standard InChI is InChI=1S/C13H6F2N4/c1-9(14)4-12(11(7-18)8-19)13(15)3-2-10(5-16)6-17/h2-4H,1H3/b9-4+,13-3+. The number of allylic oxidation sites excluding steroid dienone is 8. The van der Waals surface area contributed by atoms with E-state index in [1.54, 1.807) is 0 Å². The summed E-state index contributed by atoms with van der Waals surface area (Å²) in [6.45, 7) is 1.02. The van der Waals surface area contributed by atoms with Crippen LogP contribution in [0.5, 0.6) is 0 Å². The number of halogens is 2. The maximum atomic E-state index is 13.7. The summed E-state index contributed by atoms with van der Waals surface area (Å²) in [6.07, 6.45) is 2.26. The van der Waals surface area contributed by atoms with E-state index >= 15 is 0 Å². The third-order valence-corrected chi connectivity index (χ3v) is 1.73. The molecular formula is C13H6F2N4. The third-order valence-electron chi connectivity index (χ3n) is 1.73. The molecule has 0 aromatic heterocycles. The number of hydrogen-bond acceptors (Lipinski definition) is 4. The van der Waals surface area contributed by atoms with E-state index in [1.165, 1.54) is 24.3 Å². The molecule has 4 nitrogen and oxygen atoms in total. The van der Waals surface area contributed by atoms with Gasteiger partial charge >= 0.3 is 0 Å². The molecule has 0 aliphatic heterocycles. The third kappa shape index (κ3) is 5.09. The molecular weight excluding hydrogens is 250 g/mol. The Morgan fingerprint density at radius 3 is 1.79 bits per heavy atom. The summed E-state index contributed by atoms with van der Waals surface area (Å²) in [5.41, 5.74) is -1.53. The first kappa shape index (κ1) is 15.8. The van der Waals surface area contributed by atoms with Gasteiger partial charge in [0, 0.05) is 5.57 Å². The second kappa shape index (κ2) is 7.96. The van der Waals surface area contributed by atoms with Gasteiger partial charge in [-0.2, -0.15) is 21.0 Å². The molecule has 0 N–H and O–H groups in total. The average molecular weight is 256 g/mol. The van der Waals surface area contributed by atoms with Crippen LogP contribution in [0.2, 0.25) is 0 Å². The fraction of sp³-hybridized carbons (Fsp3) is 0.0769. The zero-order valence-electron chi connectivity index (χ0n) is 9.78. The van der Waals surface area contributed by atoms with Crippen LogP contribution in [-0.2, 0) is 0 Å². The molecule has 0 aromatic rings. The zero-order chi connectivity index (χ0) is 14.8. The van der Waals surface area contributed by atoms with Crippen molar-refractivity contribution in [3.63, 3.8) is 0 Å². The van der Waals surface area contributed by atoms with Gasteiger partial charge in [-0.05, 0) is 25.2 Å². The Bertz CT molecular complexity index is 617. The molecule has 0 atom stereocenters. The fourth-order valence-electron chi connectivity index (χ4n) is 0.951. The Morgan fingerprint density at radius 1 is 0.895 bits per heavy atom. The van der Waals surface area contributed by atoms with Gasteiger partial charge in [-0.25, -0.2) is 8.78 Å². The zero-order valence-corrected chi connectivity index (χ0v) is 9.78. The van der Waals surface area contributed by atoms with E-state index in [1.807, 2.05) is 0 Å². The maximum Gasteiger partial charge on any atom is 0.139 e. The number of hydrogen-bond donors (Lipinski definition) is 0. The van der Waals surface area contributed by atoms with Gasteiger partial charge in [0.05, 0.1) is 5.83 Å². The highest BCUT2D eigenvalue weighted by molar-refractivity contribution is 5.53. The van der Waals surface area contributed by atoms with Gasteiger partial charge in [-0.1, -0.05) is 0 Å². The molecule has 0 aliphatic carbocycles. The molecule has 0 radical (unpaired) electrons. The van der Waals surface area contributed by atoms with Gasteiger partial charge < -0.3 is 0 Å². The van der Waals surface area contributed by atoms with Crippen LogP contribution in [-0.4, -0.2) is 0 Å². The van der Waals surface area contributed by atoms with E-state index < -0.39 is 22.8 Å². The monoisotopic (exact) mass is 256 g/mol. The summed E-state index contributed by atoms with van der Waals surface area (Å²) in [7, 11) is 0. The molecule has 0 rings (SSSR count). The summed E-state index contributed by atoms with van der Waals surface area (Å²) in [5, 5.41) is 34.2. The van der Waals surface area contributed by atoms with Crippen LogP contribution in [0.1, 0.15) is 6.92 Å². The lowest BCUT2D eigenvalue weighted by atomic mass is 10.1. The van der Waals surface area contributed by atoms with Crippen LogP contribution in [0.25, 0.3) is 0 Å². The first-order chi connectivity index (χ1) is 8.99. The van der Waals surface area contributed by atoms with Gasteiger partial charge in [0.2, 0.25) is 0 Å². The molecule has 0 heterocycles. The summed E-state index contributed by atoms with van der Waals surface area (Å²) < 4.78 is 26.5. The molecule has 0 saturated carbocycles. The van der Waals surface area contributed by atoms with Gasteiger partial charge in [-0.3, -0.25) is 0 Å². The predicted molar refractivity (Wildman–Crippen MR) is 61.6 cm³/mol. The minimum absolute atomic E-state index is 0.370. The number of nitriles is 4. The largest absolute Gasteiger partial charge is 0.212 e. The van der Waals surface area contributed by atoms with Crippen LogP contribution < -0.4 is 0 Å². The summed E-state index contributed by atoms with van der Waals surface area (Å²) in [6, 6.07) is 5.85. The Labute approximate surface area is 108 Å². The van der Waals surface area contributed by atoms with Crippen LogP contribution in [0.3, 0.4) is 0 Å². The minimum atomic E-state index is -1.10. The molecule has 6 heteroatoms. The van der Waals surface area contributed by atoms with Gasteiger partial charge in [0.25, 0.3) is 0 Å². The predicted octanol–water partition coefficient (Wildman–Crippen LogP) is 3.03. The molecule has 0 amide bonds. The van der Waals surface area contributed by atoms with Crippen LogP contribution in [0, 0.1) is 45.3 Å². The lowest BCUT2D eigenvalue weighted by Crippen LogP contribution is -1.88. The lowest BCUT2D eigenvalue weighted by Gasteiger charge is -1.98. The normalized spacial score (nSPS) is 10.3. The van der Waals surface area contributed by atoms with Crippen molar-refractivity contribution in [2.45, 2.75) is 6.92 Å². The van der Waals surface area contributed by atoms with Gasteiger partial charge in [-0.15, -0.1) is 0 Å². The Morgan fingerprint density at radius 2 is 1.42 bits per heavy atom. The minimum Gasteiger partial charge on any atom is -0.212 e. The molecule has 0 bridgehead atoms. The number of nitrogens with zero attached hydrogens (tertiary/aromatic N) is 4. The molecule has 0 saturated heterocycles. The first-order valence-electron chi connectivity index (χ1n) is 4.76. The SMILES string of the molecule is C/C(F)=C\C(=C(C#N)C#N)/C(F)=C\C=C(C#N)C#N. The quantitative estimate of drug-likeness (QED) is 0.572. The average Bonchev–Trinajstić information content (AvgIpc) is 2.39. The van der Waals surface area contributed by atoms with Crippen molar-refractivity contribution in [3.8, 4) is 24.3 Å². The van der Waals surface area contributed by atoms with E-state index in [9.17, 15) is 8.78 Å². The second-order valence-electron chi connectivity index (χ2n) is 3.06. The lowest BCUT2D eigenvalue weighted by molar-refractivity contribution is 0.629. The first-order valence-corrected chi connectivity index (χ1v) is 4.76. The van der Waals surface area contributed by atoms with Crippen molar-refractivity contribution in [1.82, 2.24) is 0 Å². The van der Waals surface area contributed by atoms with Gasteiger partial charge in [0.1, 0.15) is 41.2 Å². The van der Waals surface area contributed by atoms with E-state index in [4.69, 9.17) is 21.0 Å². The molecule has 0 aliphatic rings. The molecule has 19 heavy (non-hydrogen) atoms. The molecule has 92 valence electrons. The smallest absolute Gasteiger partial charge is 0.139 e. The topological polar surface area (TPSA) is 95.2 Å². The van der Waals surface area contributed by atoms with E-state index in [0.29, 0.717) is 12.2 Å². The molecule has 0 fully saturated rings.